The van der Waals surface area contributed by atoms with Gasteiger partial charge < -0.3 is 0 Å². The summed E-state index contributed by atoms with van der Waals surface area (Å²) in [6.45, 7) is 0. The fraction of sp³-hybridized carbons (Fsp3) is 0. The molecule has 24 heavy (non-hydrogen) atoms. The van der Waals surface area contributed by atoms with Crippen LogP contribution >= 0.6 is 87.6 Å². The molecule has 122 valence electrons. The molecule has 0 amide bonds. The highest BCUT2D eigenvalue weighted by Crippen LogP contribution is 2.47. The lowest BCUT2D eigenvalue weighted by atomic mass is 10.3. The van der Waals surface area contributed by atoms with Gasteiger partial charge in [-0.2, -0.15) is 0 Å². The summed E-state index contributed by atoms with van der Waals surface area (Å²) in [6.07, 6.45) is 0. The van der Waals surface area contributed by atoms with Crippen LogP contribution in [-0.2, 0) is 0 Å². The maximum absolute atomic E-state index is 3.80. The predicted octanol–water partition coefficient (Wildman–Crippen LogP) is 7.26. The van der Waals surface area contributed by atoms with Crippen molar-refractivity contribution >= 4 is 103 Å². The molecule has 0 aliphatic carbocycles. The third-order valence-electron chi connectivity index (χ3n) is 3.44. The molecule has 0 bridgehead atoms. The van der Waals surface area contributed by atoms with Gasteiger partial charge in [0.25, 0.3) is 0 Å². The van der Waals surface area contributed by atoms with Crippen molar-refractivity contribution in [3.8, 4) is 0 Å². The first-order chi connectivity index (χ1) is 11.5. The van der Waals surface area contributed by atoms with Crippen molar-refractivity contribution in [2.24, 2.45) is 0 Å². The Kier molecular flexibility index (Phi) is 6.78. The van der Waals surface area contributed by atoms with E-state index in [1.807, 2.05) is 0 Å². The van der Waals surface area contributed by atoms with Crippen molar-refractivity contribution in [1.29, 1.82) is 0 Å². The molecule has 3 rings (SSSR count). The van der Waals surface area contributed by atoms with Crippen molar-refractivity contribution in [2.75, 3.05) is 0 Å². The Bertz CT molecular complexity index is 797. The minimum atomic E-state index is -0.707. The van der Waals surface area contributed by atoms with E-state index in [0.717, 1.165) is 22.4 Å². The van der Waals surface area contributed by atoms with E-state index in [1.165, 1.54) is 15.9 Å². The first kappa shape index (κ1) is 19.3. The Morgan fingerprint density at radius 1 is 0.458 bits per heavy atom. The Labute approximate surface area is 184 Å². The monoisotopic (exact) mass is 652 g/mol. The number of benzene rings is 3. The zero-order valence-corrected chi connectivity index (χ0v) is 20.9. The molecule has 0 aromatic heterocycles. The van der Waals surface area contributed by atoms with Gasteiger partial charge in [0.15, 0.2) is 0 Å². The van der Waals surface area contributed by atoms with Crippen LogP contribution in [0.2, 0.25) is 0 Å². The van der Waals surface area contributed by atoms with Gasteiger partial charge in [0.05, 0.1) is 0 Å². The normalized spacial score (nSPS) is 11.1. The highest BCUT2D eigenvalue weighted by molar-refractivity contribution is 9.16. The van der Waals surface area contributed by atoms with Gasteiger partial charge in [-0.1, -0.05) is 60.7 Å². The van der Waals surface area contributed by atoms with Crippen molar-refractivity contribution in [3.63, 3.8) is 0 Å². The van der Waals surface area contributed by atoms with Gasteiger partial charge in [-0.25, -0.2) is 0 Å². The Balaban J connectivity index is 2.33. The van der Waals surface area contributed by atoms with E-state index in [-0.39, 0.29) is 0 Å². The summed E-state index contributed by atoms with van der Waals surface area (Å²) in [7, 11) is -0.707. The molecule has 0 saturated heterocycles. The van der Waals surface area contributed by atoms with Crippen LogP contribution < -0.4 is 15.9 Å². The number of hydrogen-bond donors (Lipinski definition) is 0. The number of rotatable bonds is 3. The minimum Gasteiger partial charge on any atom is -0.0622 e. The second-order valence-corrected chi connectivity index (χ2v) is 11.0. The standard InChI is InChI=1S/C18H10Br5P/c19-13-14(20)16(22)18(17(23)15(13)21)24(11-7-3-1-4-8-11)12-9-5-2-6-10-12/h1-10H. The first-order valence-electron chi connectivity index (χ1n) is 6.94. The van der Waals surface area contributed by atoms with Crippen molar-refractivity contribution in [3.05, 3.63) is 83.0 Å². The molecule has 3 aromatic rings. The van der Waals surface area contributed by atoms with Gasteiger partial charge in [0.2, 0.25) is 0 Å². The quantitative estimate of drug-likeness (QED) is 0.158. The van der Waals surface area contributed by atoms with Crippen LogP contribution in [0.3, 0.4) is 0 Å². The SMILES string of the molecule is Brc1c(Br)c(Br)c(P(c2ccccc2)c2ccccc2)c(Br)c1Br. The van der Waals surface area contributed by atoms with Crippen LogP contribution in [0, 0.1) is 0 Å². The Morgan fingerprint density at radius 3 is 1.17 bits per heavy atom. The van der Waals surface area contributed by atoms with E-state index < -0.39 is 7.92 Å². The van der Waals surface area contributed by atoms with E-state index >= 15 is 0 Å². The molecule has 0 atom stereocenters. The largest absolute Gasteiger partial charge is 0.0622 e. The van der Waals surface area contributed by atoms with E-state index in [0.29, 0.717) is 0 Å². The van der Waals surface area contributed by atoms with Crippen LogP contribution in [0.15, 0.2) is 83.0 Å². The smallest absolute Gasteiger partial charge is 0.0482 e. The van der Waals surface area contributed by atoms with E-state index in [2.05, 4.69) is 140 Å². The molecule has 0 spiro atoms. The fourth-order valence-electron chi connectivity index (χ4n) is 2.35. The third kappa shape index (κ3) is 3.77. The first-order valence-corrected chi connectivity index (χ1v) is 12.2. The third-order valence-corrected chi connectivity index (χ3v) is 12.7. The molecule has 0 nitrogen and oxygen atoms in total. The second-order valence-electron chi connectivity index (χ2n) is 4.93. The van der Waals surface area contributed by atoms with Gasteiger partial charge in [-0.15, -0.1) is 0 Å². The second kappa shape index (κ2) is 8.45. The summed E-state index contributed by atoms with van der Waals surface area (Å²) in [5.41, 5.74) is 0. The molecular formula is C18H10Br5P. The highest BCUT2D eigenvalue weighted by Gasteiger charge is 2.26. The number of halogens is 5. The zero-order valence-electron chi connectivity index (χ0n) is 12.1. The van der Waals surface area contributed by atoms with Crippen molar-refractivity contribution in [1.82, 2.24) is 0 Å². The van der Waals surface area contributed by atoms with Crippen LogP contribution in [0.4, 0.5) is 0 Å². The average molecular weight is 657 g/mol. The molecule has 0 radical (unpaired) electrons. The molecule has 3 aromatic carbocycles. The molecule has 6 heteroatoms. The lowest BCUT2D eigenvalue weighted by molar-refractivity contribution is 1.50. The Hall–Kier alpha value is 0.490. The molecule has 0 heterocycles. The zero-order chi connectivity index (χ0) is 17.3. The Morgan fingerprint density at radius 2 is 0.792 bits per heavy atom. The lowest BCUT2D eigenvalue weighted by Gasteiger charge is -2.24. The summed E-state index contributed by atoms with van der Waals surface area (Å²) in [5, 5.41) is 3.85. The lowest BCUT2D eigenvalue weighted by Crippen LogP contribution is -2.23. The van der Waals surface area contributed by atoms with E-state index in [1.54, 1.807) is 0 Å². The molecule has 0 aliphatic rings. The summed E-state index contributed by atoms with van der Waals surface area (Å²) in [6, 6.07) is 21.3. The predicted molar refractivity (Wildman–Crippen MR) is 124 cm³/mol. The van der Waals surface area contributed by atoms with Gasteiger partial charge in [-0.05, 0) is 98.2 Å². The summed E-state index contributed by atoms with van der Waals surface area (Å²) in [4.78, 5) is 0. The van der Waals surface area contributed by atoms with Crippen LogP contribution in [0.25, 0.3) is 0 Å². The molecule has 0 N–H and O–H groups in total. The van der Waals surface area contributed by atoms with Crippen molar-refractivity contribution in [2.45, 2.75) is 0 Å². The van der Waals surface area contributed by atoms with E-state index in [9.17, 15) is 0 Å². The molecule has 0 unspecified atom stereocenters. The van der Waals surface area contributed by atoms with Crippen LogP contribution in [0.1, 0.15) is 0 Å². The molecular weight excluding hydrogens is 647 g/mol. The average Bonchev–Trinajstić information content (AvgIpc) is 2.63. The maximum Gasteiger partial charge on any atom is 0.0482 e. The van der Waals surface area contributed by atoms with Crippen LogP contribution in [-0.4, -0.2) is 0 Å². The van der Waals surface area contributed by atoms with Crippen molar-refractivity contribution < 1.29 is 0 Å². The topological polar surface area (TPSA) is 0 Å². The number of hydrogen-bond acceptors (Lipinski definition) is 0. The maximum atomic E-state index is 3.80. The summed E-state index contributed by atoms with van der Waals surface area (Å²) in [5.74, 6) is 0. The van der Waals surface area contributed by atoms with Gasteiger partial charge >= 0.3 is 0 Å². The fourth-order valence-corrected chi connectivity index (χ4v) is 9.14. The summed E-state index contributed by atoms with van der Waals surface area (Å²) < 4.78 is 5.12. The highest BCUT2D eigenvalue weighted by atomic mass is 79.9. The van der Waals surface area contributed by atoms with E-state index in [4.69, 9.17) is 0 Å². The van der Waals surface area contributed by atoms with Crippen LogP contribution in [0.5, 0.6) is 0 Å². The molecule has 0 aliphatic heterocycles. The minimum absolute atomic E-state index is 0.707. The summed E-state index contributed by atoms with van der Waals surface area (Å²) >= 11 is 18.6. The molecule has 0 fully saturated rings. The molecule has 0 saturated carbocycles. The van der Waals surface area contributed by atoms with Gasteiger partial charge in [0.1, 0.15) is 0 Å². The van der Waals surface area contributed by atoms with Gasteiger partial charge in [0, 0.05) is 27.7 Å². The van der Waals surface area contributed by atoms with Gasteiger partial charge in [-0.3, -0.25) is 0 Å².